The summed E-state index contributed by atoms with van der Waals surface area (Å²) in [6.07, 6.45) is 4.71. The summed E-state index contributed by atoms with van der Waals surface area (Å²) >= 11 is 6.16. The average Bonchev–Trinajstić information content (AvgIpc) is 2.66. The molecule has 4 heteroatoms. The van der Waals surface area contributed by atoms with Crippen molar-refractivity contribution in [2.45, 2.75) is 11.3 Å². The highest BCUT2D eigenvalue weighted by Gasteiger charge is 2.68. The summed E-state index contributed by atoms with van der Waals surface area (Å²) in [7, 11) is 0. The molecule has 2 fully saturated rings. The van der Waals surface area contributed by atoms with Gasteiger partial charge in [-0.25, -0.2) is 4.79 Å². The van der Waals surface area contributed by atoms with Gasteiger partial charge in [0, 0.05) is 5.92 Å². The maximum Gasteiger partial charge on any atom is 0.336 e. The van der Waals surface area contributed by atoms with Gasteiger partial charge in [-0.1, -0.05) is 12.2 Å². The summed E-state index contributed by atoms with van der Waals surface area (Å²) in [4.78, 5) is 21.6. The fourth-order valence-electron chi connectivity index (χ4n) is 2.69. The highest BCUT2D eigenvalue weighted by Crippen LogP contribution is 2.57. The Bertz CT molecular complexity index is 349. The number of carbonyl (C=O) groups excluding carboxylic acids is 2. The number of carbonyl (C=O) groups is 2. The van der Waals surface area contributed by atoms with Crippen LogP contribution in [0.5, 0.6) is 0 Å². The van der Waals surface area contributed by atoms with E-state index in [1.54, 1.807) is 0 Å². The van der Waals surface area contributed by atoms with Crippen molar-refractivity contribution in [2.24, 2.45) is 17.8 Å². The van der Waals surface area contributed by atoms with Gasteiger partial charge in [0.25, 0.3) is 0 Å². The van der Waals surface area contributed by atoms with Crippen LogP contribution in [0.15, 0.2) is 12.2 Å². The Morgan fingerprint density at radius 1 is 1.46 bits per heavy atom. The molecule has 1 saturated carbocycles. The number of esters is 2. The molecule has 0 aromatic rings. The predicted molar refractivity (Wildman–Crippen MR) is 43.9 cm³/mol. The number of fused-ring (bicyclic) bond motifs is 5. The van der Waals surface area contributed by atoms with Gasteiger partial charge in [0.05, 0.1) is 5.92 Å². The molecular formula is C9H7ClO3. The summed E-state index contributed by atoms with van der Waals surface area (Å²) in [6.45, 7) is 0. The third-order valence-electron chi connectivity index (χ3n) is 3.30. The lowest BCUT2D eigenvalue weighted by Crippen LogP contribution is -2.39. The second-order valence-electron chi connectivity index (χ2n) is 3.85. The zero-order valence-corrected chi connectivity index (χ0v) is 7.45. The topological polar surface area (TPSA) is 43.4 Å². The first-order chi connectivity index (χ1) is 6.14. The summed E-state index contributed by atoms with van der Waals surface area (Å²) < 4.78 is 4.56. The van der Waals surface area contributed by atoms with Crippen molar-refractivity contribution < 1.29 is 14.3 Å². The summed E-state index contributed by atoms with van der Waals surface area (Å²) in [5.74, 6) is -1.33. The SMILES string of the molecule is O=C1OC(=O)[C@]2(Cl)[C@@H]3C=C[C@@H](C3)[C@@H]12. The molecule has 4 atom stereocenters. The highest BCUT2D eigenvalue weighted by atomic mass is 35.5. The summed E-state index contributed by atoms with van der Waals surface area (Å²) in [5, 5.41) is 0. The molecule has 2 aliphatic carbocycles. The Hall–Kier alpha value is -0.830. The number of hydrogen-bond donors (Lipinski definition) is 0. The average molecular weight is 199 g/mol. The van der Waals surface area contributed by atoms with Crippen LogP contribution in [0.25, 0.3) is 0 Å². The van der Waals surface area contributed by atoms with Crippen LogP contribution in [0.4, 0.5) is 0 Å². The Labute approximate surface area is 79.7 Å². The second-order valence-corrected chi connectivity index (χ2v) is 4.47. The maximum absolute atomic E-state index is 11.4. The van der Waals surface area contributed by atoms with Gasteiger partial charge in [-0.05, 0) is 12.3 Å². The number of cyclic esters (lactones) is 2. The fourth-order valence-corrected chi connectivity index (χ4v) is 3.14. The number of allylic oxidation sites excluding steroid dienone is 2. The number of rotatable bonds is 0. The molecule has 0 N–H and O–H groups in total. The molecule has 0 unspecified atom stereocenters. The second kappa shape index (κ2) is 1.98. The maximum atomic E-state index is 11.4. The molecule has 3 nitrogen and oxygen atoms in total. The van der Waals surface area contributed by atoms with Crippen molar-refractivity contribution in [3.63, 3.8) is 0 Å². The van der Waals surface area contributed by atoms with E-state index in [1.807, 2.05) is 12.2 Å². The van der Waals surface area contributed by atoms with E-state index in [1.165, 1.54) is 0 Å². The first-order valence-corrected chi connectivity index (χ1v) is 4.65. The lowest BCUT2D eigenvalue weighted by molar-refractivity contribution is -0.154. The standard InChI is InChI=1S/C9H7ClO3/c10-9-5-2-1-4(3-5)6(9)7(11)13-8(9)12/h1-2,4-6H,3H2/t4-,5+,6-,9-/m0/s1. The molecule has 2 bridgehead atoms. The molecule has 3 aliphatic rings. The Morgan fingerprint density at radius 3 is 2.92 bits per heavy atom. The molecule has 1 saturated heterocycles. The van der Waals surface area contributed by atoms with Gasteiger partial charge in [0.2, 0.25) is 0 Å². The molecule has 1 heterocycles. The number of hydrogen-bond acceptors (Lipinski definition) is 3. The zero-order chi connectivity index (χ0) is 9.22. The minimum absolute atomic E-state index is 0.0110. The summed E-state index contributed by atoms with van der Waals surface area (Å²) in [5.41, 5.74) is 0. The van der Waals surface area contributed by atoms with Crippen LogP contribution in [-0.4, -0.2) is 16.8 Å². The van der Waals surface area contributed by atoms with E-state index in [0.29, 0.717) is 0 Å². The first kappa shape index (κ1) is 7.56. The highest BCUT2D eigenvalue weighted by molar-refractivity contribution is 6.38. The summed E-state index contributed by atoms with van der Waals surface area (Å²) in [6, 6.07) is 0. The third-order valence-corrected chi connectivity index (χ3v) is 3.97. The number of halogens is 1. The van der Waals surface area contributed by atoms with E-state index < -0.39 is 22.7 Å². The van der Waals surface area contributed by atoms with Gasteiger partial charge in [0.15, 0.2) is 4.87 Å². The smallest absolute Gasteiger partial charge is 0.336 e. The van der Waals surface area contributed by atoms with Crippen molar-refractivity contribution >= 4 is 23.5 Å². The van der Waals surface area contributed by atoms with Crippen LogP contribution < -0.4 is 0 Å². The van der Waals surface area contributed by atoms with Crippen LogP contribution in [0, 0.1) is 17.8 Å². The van der Waals surface area contributed by atoms with Crippen LogP contribution in [0.2, 0.25) is 0 Å². The lowest BCUT2D eigenvalue weighted by Gasteiger charge is -2.22. The molecule has 0 radical (unpaired) electrons. The van der Waals surface area contributed by atoms with Gasteiger partial charge in [-0.2, -0.15) is 0 Å². The van der Waals surface area contributed by atoms with E-state index >= 15 is 0 Å². The zero-order valence-electron chi connectivity index (χ0n) is 6.70. The fraction of sp³-hybridized carbons (Fsp3) is 0.556. The third kappa shape index (κ3) is 0.645. The molecule has 0 amide bonds. The van der Waals surface area contributed by atoms with E-state index in [-0.39, 0.29) is 11.8 Å². The molecule has 68 valence electrons. The quantitative estimate of drug-likeness (QED) is 0.251. The van der Waals surface area contributed by atoms with Crippen molar-refractivity contribution in [2.75, 3.05) is 0 Å². The molecule has 3 rings (SSSR count). The predicted octanol–water partition coefficient (Wildman–Crippen LogP) is 0.869. The van der Waals surface area contributed by atoms with Gasteiger partial charge in [-0.15, -0.1) is 11.6 Å². The van der Waals surface area contributed by atoms with Crippen LogP contribution in [-0.2, 0) is 14.3 Å². The number of alkyl halides is 1. The molecule has 0 spiro atoms. The molecule has 0 aromatic carbocycles. The minimum Gasteiger partial charge on any atom is -0.392 e. The van der Waals surface area contributed by atoms with Crippen LogP contribution in [0.3, 0.4) is 0 Å². The van der Waals surface area contributed by atoms with E-state index in [9.17, 15) is 9.59 Å². The van der Waals surface area contributed by atoms with Gasteiger partial charge < -0.3 is 4.74 Å². The van der Waals surface area contributed by atoms with Gasteiger partial charge in [0.1, 0.15) is 0 Å². The van der Waals surface area contributed by atoms with Crippen LogP contribution in [0.1, 0.15) is 6.42 Å². The largest absolute Gasteiger partial charge is 0.392 e. The molecule has 1 aliphatic heterocycles. The van der Waals surface area contributed by atoms with E-state index in [4.69, 9.17) is 11.6 Å². The lowest BCUT2D eigenvalue weighted by atomic mass is 9.84. The monoisotopic (exact) mass is 198 g/mol. The minimum atomic E-state index is -1.07. The Balaban J connectivity index is 2.17. The van der Waals surface area contributed by atoms with Crippen molar-refractivity contribution in [3.05, 3.63) is 12.2 Å². The van der Waals surface area contributed by atoms with Crippen LogP contribution >= 0.6 is 11.6 Å². The van der Waals surface area contributed by atoms with E-state index in [0.717, 1.165) is 6.42 Å². The van der Waals surface area contributed by atoms with E-state index in [2.05, 4.69) is 4.74 Å². The first-order valence-electron chi connectivity index (χ1n) is 4.27. The molecule has 13 heavy (non-hydrogen) atoms. The number of ether oxygens (including phenoxy) is 1. The van der Waals surface area contributed by atoms with Gasteiger partial charge >= 0.3 is 11.9 Å². The Morgan fingerprint density at radius 2 is 2.23 bits per heavy atom. The normalized spacial score (nSPS) is 51.3. The van der Waals surface area contributed by atoms with Crippen molar-refractivity contribution in [3.8, 4) is 0 Å². The molecule has 0 aromatic heterocycles. The van der Waals surface area contributed by atoms with Crippen molar-refractivity contribution in [1.29, 1.82) is 0 Å². The van der Waals surface area contributed by atoms with Gasteiger partial charge in [-0.3, -0.25) is 4.79 Å². The Kier molecular flexibility index (Phi) is 1.15. The van der Waals surface area contributed by atoms with Crippen molar-refractivity contribution in [1.82, 2.24) is 0 Å². The molecular weight excluding hydrogens is 192 g/mol.